The Kier molecular flexibility index (Phi) is 40.1. The molecule has 0 fully saturated rings. The van der Waals surface area contributed by atoms with Crippen molar-refractivity contribution in [1.82, 2.24) is 5.32 Å². The predicted octanol–water partition coefficient (Wildman–Crippen LogP) is 12.3. The first-order chi connectivity index (χ1) is 27.6. The standard InChI is InChI=1S/C45H88NO10P/c1-3-5-7-9-11-13-15-17-18-19-20-21-22-23-24-25-27-29-31-33-35-37-44(49)54-38-41(47)39-55-57(52,53)56-40-42(45(50)51)46-43(48)36-34-32-30-28-26-16-14-12-10-8-6-4-2/h41-42,47H,3-40H2,1-2H3,(H,46,48)(H,50,51)(H,52,53). The third-order valence-electron chi connectivity index (χ3n) is 10.6. The number of carbonyl (C=O) groups excluding carboxylic acids is 2. The summed E-state index contributed by atoms with van der Waals surface area (Å²) in [6.45, 7) is 2.62. The number of nitrogens with one attached hydrogen (secondary N) is 1. The third-order valence-corrected chi connectivity index (χ3v) is 11.6. The molecule has 0 aliphatic carbocycles. The van der Waals surface area contributed by atoms with Gasteiger partial charge in [0.05, 0.1) is 13.2 Å². The second kappa shape index (κ2) is 41.2. The highest BCUT2D eigenvalue weighted by molar-refractivity contribution is 7.47. The number of phosphoric acid groups is 1. The van der Waals surface area contributed by atoms with Crippen molar-refractivity contribution in [2.24, 2.45) is 0 Å². The van der Waals surface area contributed by atoms with E-state index in [0.717, 1.165) is 38.5 Å². The molecule has 0 radical (unpaired) electrons. The van der Waals surface area contributed by atoms with E-state index >= 15 is 0 Å². The monoisotopic (exact) mass is 834 g/mol. The number of rotatable bonds is 45. The lowest BCUT2D eigenvalue weighted by atomic mass is 10.0. The highest BCUT2D eigenvalue weighted by atomic mass is 31.2. The van der Waals surface area contributed by atoms with Crippen molar-refractivity contribution < 1.29 is 47.8 Å². The van der Waals surface area contributed by atoms with Gasteiger partial charge >= 0.3 is 19.8 Å². The minimum atomic E-state index is -4.75. The van der Waals surface area contributed by atoms with E-state index in [0.29, 0.717) is 12.8 Å². The number of carbonyl (C=O) groups is 3. The Hall–Kier alpha value is -1.52. The molecule has 0 aliphatic heterocycles. The summed E-state index contributed by atoms with van der Waals surface area (Å²) in [6, 6.07) is -1.54. The largest absolute Gasteiger partial charge is 0.480 e. The molecule has 0 rings (SSSR count). The fourth-order valence-electron chi connectivity index (χ4n) is 6.96. The molecule has 0 saturated heterocycles. The Morgan fingerprint density at radius 1 is 0.491 bits per heavy atom. The maximum atomic E-state index is 12.3. The normalized spacial score (nSPS) is 13.6. The number of aliphatic hydroxyl groups is 1. The molecule has 11 nitrogen and oxygen atoms in total. The fraction of sp³-hybridized carbons (Fsp3) is 0.933. The lowest BCUT2D eigenvalue weighted by molar-refractivity contribution is -0.147. The van der Waals surface area contributed by atoms with E-state index in [9.17, 15) is 34.1 Å². The van der Waals surface area contributed by atoms with Gasteiger partial charge in [-0.15, -0.1) is 0 Å². The zero-order valence-electron chi connectivity index (χ0n) is 36.7. The Morgan fingerprint density at radius 2 is 0.807 bits per heavy atom. The van der Waals surface area contributed by atoms with Crippen LogP contribution >= 0.6 is 7.82 Å². The van der Waals surface area contributed by atoms with Gasteiger partial charge in [0.1, 0.15) is 12.7 Å². The van der Waals surface area contributed by atoms with Crippen LogP contribution in [0.25, 0.3) is 0 Å². The fourth-order valence-corrected chi connectivity index (χ4v) is 7.74. The van der Waals surface area contributed by atoms with Gasteiger partial charge in [-0.2, -0.15) is 0 Å². The van der Waals surface area contributed by atoms with Crippen molar-refractivity contribution in [2.45, 2.75) is 251 Å². The molecule has 57 heavy (non-hydrogen) atoms. The van der Waals surface area contributed by atoms with E-state index in [2.05, 4.69) is 19.2 Å². The molecule has 1 amide bonds. The number of amides is 1. The van der Waals surface area contributed by atoms with E-state index < -0.39 is 57.6 Å². The molecule has 4 N–H and O–H groups in total. The van der Waals surface area contributed by atoms with E-state index in [1.54, 1.807) is 0 Å². The highest BCUT2D eigenvalue weighted by Gasteiger charge is 2.28. The number of carboxylic acids is 1. The van der Waals surface area contributed by atoms with Crippen molar-refractivity contribution in [3.63, 3.8) is 0 Å². The van der Waals surface area contributed by atoms with Crippen molar-refractivity contribution >= 4 is 25.7 Å². The Balaban J connectivity index is 3.78. The van der Waals surface area contributed by atoms with Crippen LogP contribution in [-0.2, 0) is 32.7 Å². The molecular formula is C45H88NO10P. The summed E-state index contributed by atoms with van der Waals surface area (Å²) in [5, 5.41) is 21.8. The van der Waals surface area contributed by atoms with Crippen LogP contribution in [0.5, 0.6) is 0 Å². The van der Waals surface area contributed by atoms with Crippen molar-refractivity contribution in [3.8, 4) is 0 Å². The van der Waals surface area contributed by atoms with Crippen molar-refractivity contribution in [1.29, 1.82) is 0 Å². The summed E-state index contributed by atoms with van der Waals surface area (Å²) in [7, 11) is -4.75. The molecule has 12 heteroatoms. The number of hydrogen-bond acceptors (Lipinski definition) is 8. The maximum Gasteiger partial charge on any atom is 0.472 e. The first-order valence-electron chi connectivity index (χ1n) is 23.6. The van der Waals surface area contributed by atoms with Gasteiger partial charge in [0, 0.05) is 12.8 Å². The molecule has 338 valence electrons. The average Bonchev–Trinajstić information content (AvgIpc) is 3.18. The van der Waals surface area contributed by atoms with E-state index in [-0.39, 0.29) is 12.8 Å². The molecule has 0 spiro atoms. The second-order valence-corrected chi connectivity index (χ2v) is 17.8. The molecule has 0 aromatic rings. The SMILES string of the molecule is CCCCCCCCCCCCCCCCCCCCCCCC(=O)OCC(O)COP(=O)(O)OCC(NC(=O)CCCCCCCCCCCCCC)C(=O)O. The molecule has 0 bridgehead atoms. The van der Waals surface area contributed by atoms with Gasteiger partial charge in [-0.25, -0.2) is 9.36 Å². The summed E-state index contributed by atoms with van der Waals surface area (Å²) in [4.78, 5) is 45.9. The van der Waals surface area contributed by atoms with Crippen LogP contribution in [0.3, 0.4) is 0 Å². The quantitative estimate of drug-likeness (QED) is 0.0263. The van der Waals surface area contributed by atoms with Gasteiger partial charge in [-0.3, -0.25) is 18.6 Å². The number of aliphatic carboxylic acids is 1. The zero-order chi connectivity index (χ0) is 42.1. The van der Waals surface area contributed by atoms with Gasteiger partial charge in [0.15, 0.2) is 6.04 Å². The van der Waals surface area contributed by atoms with Crippen molar-refractivity contribution in [3.05, 3.63) is 0 Å². The van der Waals surface area contributed by atoms with Crippen LogP contribution in [0, 0.1) is 0 Å². The van der Waals surface area contributed by atoms with Crippen LogP contribution in [0.4, 0.5) is 0 Å². The van der Waals surface area contributed by atoms with Gasteiger partial charge in [0.2, 0.25) is 5.91 Å². The van der Waals surface area contributed by atoms with E-state index in [1.807, 2.05) is 0 Å². The Bertz CT molecular complexity index is 984. The molecule has 3 unspecified atom stereocenters. The second-order valence-electron chi connectivity index (χ2n) is 16.3. The van der Waals surface area contributed by atoms with Gasteiger partial charge < -0.3 is 25.2 Å². The summed E-state index contributed by atoms with van der Waals surface area (Å²) < 4.78 is 26.9. The van der Waals surface area contributed by atoms with E-state index in [4.69, 9.17) is 13.8 Å². The van der Waals surface area contributed by atoms with Crippen LogP contribution in [0.15, 0.2) is 0 Å². The number of phosphoric ester groups is 1. The molecule has 0 aliphatic rings. The minimum Gasteiger partial charge on any atom is -0.480 e. The summed E-state index contributed by atoms with van der Waals surface area (Å²) >= 11 is 0. The average molecular weight is 834 g/mol. The lowest BCUT2D eigenvalue weighted by Crippen LogP contribution is -2.43. The topological polar surface area (TPSA) is 169 Å². The summed E-state index contributed by atoms with van der Waals surface area (Å²) in [5.41, 5.74) is 0. The Labute approximate surface area is 348 Å². The first kappa shape index (κ1) is 55.5. The zero-order valence-corrected chi connectivity index (χ0v) is 37.6. The van der Waals surface area contributed by atoms with Crippen LogP contribution in [0.1, 0.15) is 239 Å². The summed E-state index contributed by atoms with van der Waals surface area (Å²) in [6.07, 6.45) is 39.9. The lowest BCUT2D eigenvalue weighted by Gasteiger charge is -2.18. The molecule has 3 atom stereocenters. The molecular weight excluding hydrogens is 745 g/mol. The highest BCUT2D eigenvalue weighted by Crippen LogP contribution is 2.43. The smallest absolute Gasteiger partial charge is 0.472 e. The van der Waals surface area contributed by atoms with Gasteiger partial charge in [-0.05, 0) is 12.8 Å². The first-order valence-corrected chi connectivity index (χ1v) is 25.1. The number of ether oxygens (including phenoxy) is 1. The van der Waals surface area contributed by atoms with Gasteiger partial charge in [-0.1, -0.05) is 213 Å². The van der Waals surface area contributed by atoms with Crippen molar-refractivity contribution in [2.75, 3.05) is 19.8 Å². The van der Waals surface area contributed by atoms with E-state index in [1.165, 1.54) is 161 Å². The molecule has 0 aromatic carbocycles. The van der Waals surface area contributed by atoms with Gasteiger partial charge in [0.25, 0.3) is 0 Å². The maximum absolute atomic E-state index is 12.3. The number of aliphatic hydroxyl groups excluding tert-OH is 1. The number of hydrogen-bond donors (Lipinski definition) is 4. The molecule has 0 saturated carbocycles. The van der Waals surface area contributed by atoms with Crippen LogP contribution in [-0.4, -0.2) is 64.9 Å². The minimum absolute atomic E-state index is 0.152. The summed E-state index contributed by atoms with van der Waals surface area (Å²) in [5.74, 6) is -2.35. The number of carboxylic acid groups (broad SMARTS) is 1. The van der Waals surface area contributed by atoms with Crippen LogP contribution < -0.4 is 5.32 Å². The predicted molar refractivity (Wildman–Crippen MR) is 231 cm³/mol. The molecule has 0 heterocycles. The number of esters is 1. The van der Waals surface area contributed by atoms with Crippen LogP contribution in [0.2, 0.25) is 0 Å². The number of unbranched alkanes of at least 4 members (excludes halogenated alkanes) is 31. The molecule has 0 aromatic heterocycles. The third kappa shape index (κ3) is 41.0. The Morgan fingerprint density at radius 3 is 1.16 bits per heavy atom.